The third-order valence-electron chi connectivity index (χ3n) is 5.71. The van der Waals surface area contributed by atoms with Gasteiger partial charge < -0.3 is 10.6 Å². The van der Waals surface area contributed by atoms with Gasteiger partial charge in [-0.15, -0.1) is 11.3 Å². The van der Waals surface area contributed by atoms with Crippen LogP contribution in [-0.4, -0.2) is 21.4 Å². The van der Waals surface area contributed by atoms with Crippen molar-refractivity contribution >= 4 is 56.3 Å². The first-order valence-corrected chi connectivity index (χ1v) is 11.8. The van der Waals surface area contributed by atoms with E-state index in [9.17, 15) is 14.4 Å². The molecule has 174 valence electrons. The number of rotatable bonds is 5. The highest BCUT2D eigenvalue weighted by atomic mass is 35.5. The van der Waals surface area contributed by atoms with Gasteiger partial charge in [-0.3, -0.25) is 19.0 Å². The van der Waals surface area contributed by atoms with E-state index in [1.807, 2.05) is 38.1 Å². The number of anilines is 2. The number of aryl methyl sites for hydroxylation is 3. The summed E-state index contributed by atoms with van der Waals surface area (Å²) < 4.78 is 1.27. The standard InChI is InChI=1S/C25H23ClN4O3S/c1-13-9-10-17(11-18(13)26)28-22(31)16(4)30-12-27-24-20(25(30)33)15(3)21(34-24)23(32)29-19-8-6-5-7-14(19)2/h5-12,16H,1-4H3,(H,28,31)(H,29,32). The normalized spacial score (nSPS) is 11.9. The first kappa shape index (κ1) is 23.7. The van der Waals surface area contributed by atoms with Crippen LogP contribution in [-0.2, 0) is 4.79 Å². The van der Waals surface area contributed by atoms with E-state index in [-0.39, 0.29) is 17.4 Å². The molecule has 34 heavy (non-hydrogen) atoms. The van der Waals surface area contributed by atoms with Crippen LogP contribution < -0.4 is 16.2 Å². The van der Waals surface area contributed by atoms with E-state index in [2.05, 4.69) is 15.6 Å². The lowest BCUT2D eigenvalue weighted by molar-refractivity contribution is -0.118. The molecule has 0 aliphatic rings. The van der Waals surface area contributed by atoms with E-state index in [0.29, 0.717) is 37.1 Å². The molecule has 0 radical (unpaired) electrons. The number of amides is 2. The van der Waals surface area contributed by atoms with Gasteiger partial charge in [0.25, 0.3) is 11.5 Å². The largest absolute Gasteiger partial charge is 0.324 e. The van der Waals surface area contributed by atoms with Crippen molar-refractivity contribution in [2.45, 2.75) is 33.7 Å². The molecule has 2 heterocycles. The second kappa shape index (κ2) is 9.40. The highest BCUT2D eigenvalue weighted by Gasteiger charge is 2.23. The molecular weight excluding hydrogens is 472 g/mol. The Morgan fingerprint density at radius 1 is 1.06 bits per heavy atom. The summed E-state index contributed by atoms with van der Waals surface area (Å²) in [6.07, 6.45) is 1.34. The molecule has 2 amide bonds. The Kier molecular flexibility index (Phi) is 6.54. The maximum absolute atomic E-state index is 13.3. The minimum atomic E-state index is -0.826. The summed E-state index contributed by atoms with van der Waals surface area (Å²) in [5.41, 5.74) is 3.24. The van der Waals surface area contributed by atoms with Crippen molar-refractivity contribution in [1.82, 2.24) is 9.55 Å². The van der Waals surface area contributed by atoms with Gasteiger partial charge in [-0.05, 0) is 62.6 Å². The molecule has 9 heteroatoms. The molecule has 7 nitrogen and oxygen atoms in total. The number of halogens is 1. The van der Waals surface area contributed by atoms with Crippen LogP contribution in [0.25, 0.3) is 10.2 Å². The van der Waals surface area contributed by atoms with Crippen molar-refractivity contribution in [3.05, 3.63) is 85.7 Å². The average molecular weight is 495 g/mol. The Labute approximate surface area is 205 Å². The summed E-state index contributed by atoms with van der Waals surface area (Å²) in [5.74, 6) is -0.684. The highest BCUT2D eigenvalue weighted by molar-refractivity contribution is 7.20. The summed E-state index contributed by atoms with van der Waals surface area (Å²) in [5, 5.41) is 6.55. The van der Waals surface area contributed by atoms with Gasteiger partial charge in [-0.25, -0.2) is 4.98 Å². The first-order chi connectivity index (χ1) is 16.2. The maximum Gasteiger partial charge on any atom is 0.266 e. The van der Waals surface area contributed by atoms with Crippen LogP contribution in [0.15, 0.2) is 53.6 Å². The number of hydrogen-bond donors (Lipinski definition) is 2. The molecule has 0 aliphatic carbocycles. The minimum Gasteiger partial charge on any atom is -0.324 e. The number of hydrogen-bond acceptors (Lipinski definition) is 5. The number of aromatic nitrogens is 2. The summed E-state index contributed by atoms with van der Waals surface area (Å²) in [7, 11) is 0. The Bertz CT molecular complexity index is 1490. The number of carbonyl (C=O) groups excluding carboxylic acids is 2. The molecule has 0 bridgehead atoms. The van der Waals surface area contributed by atoms with E-state index < -0.39 is 6.04 Å². The van der Waals surface area contributed by atoms with Gasteiger partial charge in [0.15, 0.2) is 0 Å². The van der Waals surface area contributed by atoms with Crippen LogP contribution in [0.4, 0.5) is 11.4 Å². The molecule has 0 fully saturated rings. The van der Waals surface area contributed by atoms with Crippen LogP contribution >= 0.6 is 22.9 Å². The zero-order chi connectivity index (χ0) is 24.6. The minimum absolute atomic E-state index is 0.303. The van der Waals surface area contributed by atoms with Crippen molar-refractivity contribution in [2.24, 2.45) is 0 Å². The van der Waals surface area contributed by atoms with Gasteiger partial charge in [0.05, 0.1) is 16.6 Å². The fourth-order valence-corrected chi connectivity index (χ4v) is 4.78. The number of fused-ring (bicyclic) bond motifs is 1. The highest BCUT2D eigenvalue weighted by Crippen LogP contribution is 2.28. The monoisotopic (exact) mass is 494 g/mol. The topological polar surface area (TPSA) is 93.1 Å². The van der Waals surface area contributed by atoms with Crippen molar-refractivity contribution in [3.8, 4) is 0 Å². The Morgan fingerprint density at radius 3 is 2.50 bits per heavy atom. The van der Waals surface area contributed by atoms with Gasteiger partial charge in [0.1, 0.15) is 10.9 Å². The molecule has 0 aliphatic heterocycles. The third kappa shape index (κ3) is 4.47. The summed E-state index contributed by atoms with van der Waals surface area (Å²) in [4.78, 5) is 44.3. The fraction of sp³-hybridized carbons (Fsp3) is 0.200. The molecule has 1 unspecified atom stereocenters. The molecule has 2 N–H and O–H groups in total. The molecule has 1 atom stereocenters. The molecule has 4 rings (SSSR count). The Balaban J connectivity index is 1.63. The zero-order valence-corrected chi connectivity index (χ0v) is 20.7. The summed E-state index contributed by atoms with van der Waals surface area (Å²) in [6.45, 7) is 7.12. The predicted octanol–water partition coefficient (Wildman–Crippen LogP) is 5.49. The van der Waals surface area contributed by atoms with Crippen LogP contribution in [0.1, 0.15) is 39.3 Å². The third-order valence-corrected chi connectivity index (χ3v) is 7.32. The fourth-order valence-electron chi connectivity index (χ4n) is 3.57. The summed E-state index contributed by atoms with van der Waals surface area (Å²) in [6, 6.07) is 11.9. The smallest absolute Gasteiger partial charge is 0.266 e. The second-order valence-electron chi connectivity index (χ2n) is 8.09. The predicted molar refractivity (Wildman–Crippen MR) is 137 cm³/mol. The second-order valence-corrected chi connectivity index (χ2v) is 9.50. The number of nitrogens with zero attached hydrogens (tertiary/aromatic N) is 2. The first-order valence-electron chi connectivity index (χ1n) is 10.6. The van der Waals surface area contributed by atoms with Crippen LogP contribution in [0.2, 0.25) is 5.02 Å². The SMILES string of the molecule is Cc1ccc(NC(=O)C(C)n2cnc3sc(C(=O)Nc4ccccc4C)c(C)c3c2=O)cc1Cl. The molecule has 2 aromatic heterocycles. The van der Waals surface area contributed by atoms with Gasteiger partial charge >= 0.3 is 0 Å². The Morgan fingerprint density at radius 2 is 1.79 bits per heavy atom. The van der Waals surface area contributed by atoms with Gasteiger partial charge in [0.2, 0.25) is 5.91 Å². The van der Waals surface area contributed by atoms with E-state index >= 15 is 0 Å². The van der Waals surface area contributed by atoms with Crippen molar-refractivity contribution < 1.29 is 9.59 Å². The maximum atomic E-state index is 13.3. The number of nitrogens with one attached hydrogen (secondary N) is 2. The number of thiophene rings is 1. The van der Waals surface area contributed by atoms with Crippen molar-refractivity contribution in [1.29, 1.82) is 0 Å². The van der Waals surface area contributed by atoms with E-state index in [0.717, 1.165) is 22.5 Å². The Hall–Kier alpha value is -3.49. The lowest BCUT2D eigenvalue weighted by atomic mass is 10.1. The summed E-state index contributed by atoms with van der Waals surface area (Å²) >= 11 is 7.30. The number of carbonyl (C=O) groups is 2. The lowest BCUT2D eigenvalue weighted by Crippen LogP contribution is -2.31. The van der Waals surface area contributed by atoms with Crippen molar-refractivity contribution in [2.75, 3.05) is 10.6 Å². The zero-order valence-electron chi connectivity index (χ0n) is 19.1. The average Bonchev–Trinajstić information content (AvgIpc) is 3.15. The lowest BCUT2D eigenvalue weighted by Gasteiger charge is -2.15. The molecule has 0 spiro atoms. The van der Waals surface area contributed by atoms with Gasteiger partial charge in [-0.1, -0.05) is 35.9 Å². The molecular formula is C25H23ClN4O3S. The number of benzene rings is 2. The van der Waals surface area contributed by atoms with Gasteiger partial charge in [0, 0.05) is 16.4 Å². The molecule has 0 saturated carbocycles. The quantitative estimate of drug-likeness (QED) is 0.383. The van der Waals surface area contributed by atoms with Gasteiger partial charge in [-0.2, -0.15) is 0 Å². The van der Waals surface area contributed by atoms with Crippen LogP contribution in [0.5, 0.6) is 0 Å². The number of para-hydroxylation sites is 1. The molecule has 4 aromatic rings. The van der Waals surface area contributed by atoms with Crippen LogP contribution in [0, 0.1) is 20.8 Å². The van der Waals surface area contributed by atoms with E-state index in [4.69, 9.17) is 11.6 Å². The van der Waals surface area contributed by atoms with Crippen molar-refractivity contribution in [3.63, 3.8) is 0 Å². The van der Waals surface area contributed by atoms with Crippen LogP contribution in [0.3, 0.4) is 0 Å². The van der Waals surface area contributed by atoms with E-state index in [1.165, 1.54) is 10.9 Å². The molecule has 0 saturated heterocycles. The molecule has 2 aromatic carbocycles. The van der Waals surface area contributed by atoms with E-state index in [1.54, 1.807) is 32.0 Å².